The summed E-state index contributed by atoms with van der Waals surface area (Å²) >= 11 is 0. The van der Waals surface area contributed by atoms with Gasteiger partial charge in [0.1, 0.15) is 78.8 Å². The summed E-state index contributed by atoms with van der Waals surface area (Å²) in [5, 5.41) is 102. The van der Waals surface area contributed by atoms with E-state index >= 15 is 0 Å². The van der Waals surface area contributed by atoms with E-state index in [9.17, 15) is 55.2 Å². The van der Waals surface area contributed by atoms with Crippen LogP contribution in [0.4, 0.5) is 0 Å². The maximum absolute atomic E-state index is 14.3. The van der Waals surface area contributed by atoms with Gasteiger partial charge in [0.05, 0.1) is 44.3 Å². The number of carbonyl (C=O) groups is 3. The minimum Gasteiger partial charge on any atom is -0.394 e. The van der Waals surface area contributed by atoms with Gasteiger partial charge in [0.15, 0.2) is 18.9 Å². The van der Waals surface area contributed by atoms with Gasteiger partial charge in [-0.05, 0) is 57.4 Å². The Morgan fingerprint density at radius 2 is 1.55 bits per heavy atom. The number of carbonyl (C=O) groups excluding carboxylic acids is 3. The molecule has 1 aromatic heterocycles. The lowest BCUT2D eigenvalue weighted by molar-refractivity contribution is -0.338. The van der Waals surface area contributed by atoms with Gasteiger partial charge in [-0.2, -0.15) is 0 Å². The van der Waals surface area contributed by atoms with Crippen molar-refractivity contribution < 1.29 is 88.4 Å². The first kappa shape index (κ1) is 58.3. The lowest BCUT2D eigenvalue weighted by Gasteiger charge is -2.49. The van der Waals surface area contributed by atoms with Crippen molar-refractivity contribution in [3.8, 4) is 11.3 Å². The van der Waals surface area contributed by atoms with Crippen molar-refractivity contribution in [2.45, 2.75) is 202 Å². The number of benzene rings is 1. The van der Waals surface area contributed by atoms with Crippen LogP contribution in [0.25, 0.3) is 11.3 Å². The highest BCUT2D eigenvalue weighted by molar-refractivity contribution is 5.81. The molecule has 4 aliphatic heterocycles. The number of aromatic nitrogens is 3. The van der Waals surface area contributed by atoms with E-state index in [4.69, 9.17) is 33.2 Å². The van der Waals surface area contributed by atoms with Crippen LogP contribution in [0.5, 0.6) is 0 Å². The molecule has 6 aliphatic rings. The number of hydrogen-bond acceptors (Lipinski definition) is 20. The SMILES string of the molecule is CCC1CC(C(=O)NCCO[C@H]2OC(CO)[C@@H](O)C(n3cc(-c4cccc(C)c4)nn3)C2O)C[C@@H](O[C@@H]2O[C@@H](CO)[C@H](O)C(O[C@@H](CC3CCCCC3)C(=O)N3CCC3)C2NC(C)=O)[C@@H]1O[C@@H]1OC(C)[C@@H](O)[C@H](O)C1O. The first-order chi connectivity index (χ1) is 36.5. The van der Waals surface area contributed by atoms with Crippen LogP contribution >= 0.6 is 0 Å². The van der Waals surface area contributed by atoms with Gasteiger partial charge in [0, 0.05) is 38.0 Å². The molecule has 2 aromatic rings. The van der Waals surface area contributed by atoms with Crippen LogP contribution in [0.1, 0.15) is 96.6 Å². The number of ether oxygens (including phenoxy) is 7. The molecule has 4 saturated heterocycles. The average molecular weight is 1080 g/mol. The van der Waals surface area contributed by atoms with Crippen LogP contribution in [0.2, 0.25) is 0 Å². The zero-order valence-corrected chi connectivity index (χ0v) is 43.8. The molecule has 6 fully saturated rings. The van der Waals surface area contributed by atoms with Crippen molar-refractivity contribution in [1.29, 1.82) is 0 Å². The Hall–Kier alpha value is -3.83. The van der Waals surface area contributed by atoms with Crippen molar-refractivity contribution in [1.82, 2.24) is 30.5 Å². The lowest BCUT2D eigenvalue weighted by atomic mass is 9.75. The number of aryl methyl sites for hydroxylation is 1. The maximum Gasteiger partial charge on any atom is 0.251 e. The third-order valence-electron chi connectivity index (χ3n) is 16.2. The molecule has 10 N–H and O–H groups in total. The maximum atomic E-state index is 14.3. The Kier molecular flexibility index (Phi) is 20.3. The summed E-state index contributed by atoms with van der Waals surface area (Å²) in [6.45, 7) is 6.16. The third kappa shape index (κ3) is 13.4. The van der Waals surface area contributed by atoms with Crippen LogP contribution in [-0.4, -0.2) is 222 Å². The Morgan fingerprint density at radius 3 is 2.22 bits per heavy atom. The Morgan fingerprint density at radius 1 is 0.829 bits per heavy atom. The summed E-state index contributed by atoms with van der Waals surface area (Å²) in [6, 6.07) is 5.19. The average Bonchev–Trinajstić information content (AvgIpc) is 3.88. The first-order valence-electron chi connectivity index (χ1n) is 27.2. The number of likely N-dealkylation sites (tertiary alicyclic amines) is 1. The quantitative estimate of drug-likeness (QED) is 0.0707. The molecule has 2 saturated carbocycles. The molecule has 5 heterocycles. The van der Waals surface area contributed by atoms with E-state index < -0.39 is 147 Å². The summed E-state index contributed by atoms with van der Waals surface area (Å²) in [6.07, 6.45) is -12.9. The zero-order chi connectivity index (χ0) is 54.4. The summed E-state index contributed by atoms with van der Waals surface area (Å²) < 4.78 is 45.2. The van der Waals surface area contributed by atoms with Crippen LogP contribution < -0.4 is 10.6 Å². The van der Waals surface area contributed by atoms with Gasteiger partial charge in [-0.3, -0.25) is 14.4 Å². The normalized spacial score (nSPS) is 37.7. The number of aliphatic hydroxyl groups is 8. The van der Waals surface area contributed by atoms with Gasteiger partial charge in [-0.25, -0.2) is 4.68 Å². The van der Waals surface area contributed by atoms with Gasteiger partial charge in [-0.1, -0.05) is 74.4 Å². The van der Waals surface area contributed by atoms with Crippen molar-refractivity contribution in [2.24, 2.45) is 17.8 Å². The Balaban J connectivity index is 0.995. The van der Waals surface area contributed by atoms with E-state index in [1.165, 1.54) is 18.5 Å². The summed E-state index contributed by atoms with van der Waals surface area (Å²) in [4.78, 5) is 43.1. The topological polar surface area (TPSA) is 336 Å². The molecule has 3 amide bonds. The predicted octanol–water partition coefficient (Wildman–Crippen LogP) is -1.06. The van der Waals surface area contributed by atoms with Crippen molar-refractivity contribution in [3.05, 3.63) is 36.0 Å². The second kappa shape index (κ2) is 26.4. The highest BCUT2D eigenvalue weighted by Gasteiger charge is 2.54. The van der Waals surface area contributed by atoms with Crippen LogP contribution in [-0.2, 0) is 47.5 Å². The van der Waals surface area contributed by atoms with E-state index in [0.717, 1.165) is 49.7 Å². The smallest absolute Gasteiger partial charge is 0.251 e. The molecule has 8 rings (SSSR count). The molecule has 24 heteroatoms. The molecule has 20 atom stereocenters. The Bertz CT molecular complexity index is 2200. The number of nitrogens with zero attached hydrogens (tertiary/aromatic N) is 4. The lowest BCUT2D eigenvalue weighted by Crippen LogP contribution is -2.67. The first-order valence-corrected chi connectivity index (χ1v) is 27.2. The van der Waals surface area contributed by atoms with Crippen molar-refractivity contribution in [3.63, 3.8) is 0 Å². The number of amides is 3. The number of aliphatic hydroxyl groups excluding tert-OH is 8. The molecular weight excluding hydrogens is 997 g/mol. The predicted molar refractivity (Wildman–Crippen MR) is 265 cm³/mol. The van der Waals surface area contributed by atoms with Crippen LogP contribution in [0.15, 0.2) is 30.5 Å². The molecule has 1 aromatic carbocycles. The molecule has 76 heavy (non-hydrogen) atoms. The largest absolute Gasteiger partial charge is 0.394 e. The third-order valence-corrected chi connectivity index (χ3v) is 16.2. The van der Waals surface area contributed by atoms with Gasteiger partial charge in [0.25, 0.3) is 5.91 Å². The molecule has 9 unspecified atom stereocenters. The van der Waals surface area contributed by atoms with E-state index in [1.807, 2.05) is 38.1 Å². The van der Waals surface area contributed by atoms with E-state index in [2.05, 4.69) is 20.9 Å². The van der Waals surface area contributed by atoms with Crippen LogP contribution in [0.3, 0.4) is 0 Å². The number of hydrogen-bond donors (Lipinski definition) is 10. The monoisotopic (exact) mass is 1080 g/mol. The minimum atomic E-state index is -1.69. The highest BCUT2D eigenvalue weighted by Crippen LogP contribution is 2.41. The molecule has 0 spiro atoms. The van der Waals surface area contributed by atoms with E-state index in [-0.39, 0.29) is 37.8 Å². The highest BCUT2D eigenvalue weighted by atomic mass is 16.7. The Labute approximate surface area is 442 Å². The second-order valence-corrected chi connectivity index (χ2v) is 21.6. The fraction of sp³-hybridized carbons (Fsp3) is 0.788. The second-order valence-electron chi connectivity index (χ2n) is 21.6. The molecule has 24 nitrogen and oxygen atoms in total. The van der Waals surface area contributed by atoms with E-state index in [1.54, 1.807) is 11.1 Å². The summed E-state index contributed by atoms with van der Waals surface area (Å²) in [5.74, 6) is -2.26. The molecule has 0 bridgehead atoms. The van der Waals surface area contributed by atoms with Gasteiger partial charge in [-0.15, -0.1) is 5.10 Å². The van der Waals surface area contributed by atoms with Crippen molar-refractivity contribution >= 4 is 17.7 Å². The molecule has 426 valence electrons. The number of rotatable bonds is 20. The fourth-order valence-electron chi connectivity index (χ4n) is 11.7. The van der Waals surface area contributed by atoms with Crippen LogP contribution in [0, 0.1) is 24.7 Å². The van der Waals surface area contributed by atoms with Crippen molar-refractivity contribution in [2.75, 3.05) is 39.5 Å². The fourth-order valence-corrected chi connectivity index (χ4v) is 11.7. The standard InChI is InChI=1S/C52H80N6O18/c1-5-30-21-32(48(68)53-15-18-70-51-43(65)39(41(63)36(24-59)75-51)58-23-33(55-56-58)31-14-9-11-26(2)19-31)22-34(46(30)76-52-45(67)44(66)40(62)27(3)71-52)73-50-38(54-28(4)61)47(42(64)37(25-60)74-50)72-35(49(69)57-16-10-17-57)20-29-12-7-6-8-13-29/h9,11,14,19,23,27,29-30,32,34-47,50-52,59-60,62-67H,5-8,10,12-13,15-18,20-22,24-25H2,1-4H3,(H,53,68)(H,54,61)/t27?,30?,32?,34-,35+,36?,37+,38?,39?,40-,41-,42+,43?,44+,45?,46-,47?,50-,51+,52+/m1/s1. The molecular formula is C52H80N6O18. The zero-order valence-electron chi connectivity index (χ0n) is 43.8. The summed E-state index contributed by atoms with van der Waals surface area (Å²) in [7, 11) is 0. The van der Waals surface area contributed by atoms with Gasteiger partial charge < -0.3 is 89.5 Å². The minimum absolute atomic E-state index is 0.0513. The van der Waals surface area contributed by atoms with Gasteiger partial charge >= 0.3 is 0 Å². The van der Waals surface area contributed by atoms with Gasteiger partial charge in [0.2, 0.25) is 11.8 Å². The molecule has 2 aliphatic carbocycles. The molecule has 0 radical (unpaired) electrons. The number of nitrogens with one attached hydrogen (secondary N) is 2. The summed E-state index contributed by atoms with van der Waals surface area (Å²) in [5.41, 5.74) is 2.27. The van der Waals surface area contributed by atoms with E-state index in [0.29, 0.717) is 31.6 Å².